The number of hydrogen-bond donors (Lipinski definition) is 2. The summed E-state index contributed by atoms with van der Waals surface area (Å²) < 4.78 is 39.7. The Morgan fingerprint density at radius 2 is 1.83 bits per heavy atom. The summed E-state index contributed by atoms with van der Waals surface area (Å²) in [5, 5.41) is 11.7. The molecule has 0 aliphatic heterocycles. The van der Waals surface area contributed by atoms with Crippen molar-refractivity contribution in [2.24, 2.45) is 11.8 Å². The molecular weight excluding hydrogens is 323 g/mol. The smallest absolute Gasteiger partial charge is 0.416 e. The topological polar surface area (TPSA) is 66.4 Å². The van der Waals surface area contributed by atoms with E-state index in [4.69, 9.17) is 5.11 Å². The number of aliphatic carboxylic acids is 1. The lowest BCUT2D eigenvalue weighted by Crippen LogP contribution is -2.38. The fourth-order valence-corrected chi connectivity index (χ4v) is 3.63. The fourth-order valence-electron chi connectivity index (χ4n) is 3.63. The lowest BCUT2D eigenvalue weighted by atomic mass is 9.89. The van der Waals surface area contributed by atoms with E-state index in [1.54, 1.807) is 6.07 Å². The number of benzene rings is 1. The highest BCUT2D eigenvalue weighted by atomic mass is 19.4. The van der Waals surface area contributed by atoms with Crippen molar-refractivity contribution in [2.75, 3.05) is 0 Å². The number of nitrogens with one attached hydrogen (secondary N) is 1. The Bertz CT molecular complexity index is 659. The average Bonchev–Trinajstić information content (AvgIpc) is 3.20. The molecule has 0 aromatic heterocycles. The van der Waals surface area contributed by atoms with Crippen LogP contribution < -0.4 is 5.32 Å². The maximum absolute atomic E-state index is 13.2. The van der Waals surface area contributed by atoms with Crippen LogP contribution in [0.1, 0.15) is 42.7 Å². The van der Waals surface area contributed by atoms with Gasteiger partial charge in [0, 0.05) is 12.0 Å². The first-order chi connectivity index (χ1) is 11.3. The minimum absolute atomic E-state index is 0.207. The molecule has 0 heterocycles. The highest BCUT2D eigenvalue weighted by molar-refractivity contribution is 5.89. The molecule has 0 radical (unpaired) electrons. The third kappa shape index (κ3) is 3.25. The van der Waals surface area contributed by atoms with Crippen LogP contribution in [0.15, 0.2) is 24.3 Å². The van der Waals surface area contributed by atoms with Gasteiger partial charge in [0.15, 0.2) is 0 Å². The molecule has 4 atom stereocenters. The largest absolute Gasteiger partial charge is 0.481 e. The predicted octanol–water partition coefficient (Wildman–Crippen LogP) is 3.18. The number of carbonyl (C=O) groups excluding carboxylic acids is 1. The third-order valence-corrected chi connectivity index (χ3v) is 4.95. The van der Waals surface area contributed by atoms with Crippen molar-refractivity contribution in [1.82, 2.24) is 5.32 Å². The van der Waals surface area contributed by atoms with Gasteiger partial charge in [-0.05, 0) is 30.9 Å². The minimum Gasteiger partial charge on any atom is -0.481 e. The van der Waals surface area contributed by atoms with Crippen LogP contribution in [0.25, 0.3) is 0 Å². The van der Waals surface area contributed by atoms with Gasteiger partial charge in [-0.2, -0.15) is 13.2 Å². The molecule has 3 rings (SSSR count). The first-order valence-electron chi connectivity index (χ1n) is 7.98. The predicted molar refractivity (Wildman–Crippen MR) is 79.2 cm³/mol. The number of carboxylic acids is 1. The number of amides is 1. The van der Waals surface area contributed by atoms with Crippen molar-refractivity contribution in [3.63, 3.8) is 0 Å². The van der Waals surface area contributed by atoms with Crippen molar-refractivity contribution in [3.05, 3.63) is 35.4 Å². The number of hydrogen-bond acceptors (Lipinski definition) is 2. The van der Waals surface area contributed by atoms with Gasteiger partial charge >= 0.3 is 12.1 Å². The van der Waals surface area contributed by atoms with Crippen LogP contribution in [0.3, 0.4) is 0 Å². The number of carbonyl (C=O) groups is 2. The minimum atomic E-state index is -4.43. The molecule has 2 fully saturated rings. The zero-order valence-corrected chi connectivity index (χ0v) is 12.8. The van der Waals surface area contributed by atoms with Crippen LogP contribution in [0.2, 0.25) is 0 Å². The van der Waals surface area contributed by atoms with Gasteiger partial charge in [0.25, 0.3) is 0 Å². The molecule has 7 heteroatoms. The summed E-state index contributed by atoms with van der Waals surface area (Å²) in [5.74, 6) is -2.97. The highest BCUT2D eigenvalue weighted by Crippen LogP contribution is 2.43. The molecule has 2 aliphatic carbocycles. The van der Waals surface area contributed by atoms with Crippen LogP contribution in [0, 0.1) is 11.8 Å². The van der Waals surface area contributed by atoms with E-state index in [-0.39, 0.29) is 17.5 Å². The first-order valence-corrected chi connectivity index (χ1v) is 7.98. The molecule has 2 aliphatic rings. The number of alkyl halides is 3. The molecule has 0 saturated heterocycles. The second kappa shape index (κ2) is 6.11. The highest BCUT2D eigenvalue weighted by Gasteiger charge is 2.49. The third-order valence-electron chi connectivity index (χ3n) is 4.95. The lowest BCUT2D eigenvalue weighted by molar-refractivity contribution is -0.140. The van der Waals surface area contributed by atoms with Crippen molar-refractivity contribution in [3.8, 4) is 0 Å². The van der Waals surface area contributed by atoms with Crippen LogP contribution in [0.4, 0.5) is 13.2 Å². The maximum Gasteiger partial charge on any atom is 0.416 e. The monoisotopic (exact) mass is 341 g/mol. The van der Waals surface area contributed by atoms with Crippen molar-refractivity contribution in [1.29, 1.82) is 0 Å². The number of carboxylic acid groups (broad SMARTS) is 1. The summed E-state index contributed by atoms with van der Waals surface area (Å²) in [5.41, 5.74) is -0.454. The second-order valence-electron chi connectivity index (χ2n) is 6.52. The van der Waals surface area contributed by atoms with Crippen LogP contribution in [0.5, 0.6) is 0 Å². The van der Waals surface area contributed by atoms with Gasteiger partial charge in [-0.15, -0.1) is 0 Å². The fraction of sp³-hybridized carbons (Fsp3) is 0.529. The molecule has 24 heavy (non-hydrogen) atoms. The summed E-state index contributed by atoms with van der Waals surface area (Å²) in [4.78, 5) is 23.0. The molecule has 2 N–H and O–H groups in total. The molecule has 0 bridgehead atoms. The van der Waals surface area contributed by atoms with E-state index in [9.17, 15) is 22.8 Å². The standard InChI is InChI=1S/C17H18F3NO3/c18-17(19,20)13-6-2-1-4-9(13)10-5-3-7-14(10)21-15(22)11-8-12(11)16(23)24/h1-2,4,6,10-12,14H,3,5,7-8H2,(H,21,22)(H,23,24). The van der Waals surface area contributed by atoms with E-state index >= 15 is 0 Å². The Hall–Kier alpha value is -2.05. The normalized spacial score (nSPS) is 29.3. The van der Waals surface area contributed by atoms with Crippen LogP contribution in [-0.4, -0.2) is 23.0 Å². The molecule has 1 amide bonds. The number of rotatable bonds is 4. The van der Waals surface area contributed by atoms with Gasteiger partial charge < -0.3 is 10.4 Å². The summed E-state index contributed by atoms with van der Waals surface area (Å²) in [6.07, 6.45) is -2.22. The van der Waals surface area contributed by atoms with Crippen molar-refractivity contribution in [2.45, 2.75) is 43.8 Å². The Morgan fingerprint density at radius 3 is 2.46 bits per heavy atom. The summed E-state index contributed by atoms with van der Waals surface area (Å²) in [6, 6.07) is 5.08. The average molecular weight is 341 g/mol. The molecule has 4 unspecified atom stereocenters. The van der Waals surface area contributed by atoms with E-state index < -0.39 is 35.5 Å². The quantitative estimate of drug-likeness (QED) is 0.884. The zero-order chi connectivity index (χ0) is 17.5. The molecule has 2 saturated carbocycles. The van der Waals surface area contributed by atoms with E-state index in [0.29, 0.717) is 19.3 Å². The van der Waals surface area contributed by atoms with Gasteiger partial charge in [-0.3, -0.25) is 9.59 Å². The Morgan fingerprint density at radius 1 is 1.12 bits per heavy atom. The maximum atomic E-state index is 13.2. The van der Waals surface area contributed by atoms with Gasteiger partial charge in [0.1, 0.15) is 0 Å². The zero-order valence-electron chi connectivity index (χ0n) is 12.8. The van der Waals surface area contributed by atoms with Gasteiger partial charge in [-0.1, -0.05) is 24.6 Å². The van der Waals surface area contributed by atoms with Crippen LogP contribution >= 0.6 is 0 Å². The van der Waals surface area contributed by atoms with Crippen molar-refractivity contribution < 1.29 is 27.9 Å². The molecule has 0 spiro atoms. The second-order valence-corrected chi connectivity index (χ2v) is 6.52. The first kappa shape index (κ1) is 16.8. The summed E-state index contributed by atoms with van der Waals surface area (Å²) in [6.45, 7) is 0. The number of halogens is 3. The molecule has 1 aromatic carbocycles. The molecule has 1 aromatic rings. The van der Waals surface area contributed by atoms with Gasteiger partial charge in [0.05, 0.1) is 17.4 Å². The lowest BCUT2D eigenvalue weighted by Gasteiger charge is -2.24. The van der Waals surface area contributed by atoms with E-state index in [0.717, 1.165) is 12.5 Å². The molecule has 4 nitrogen and oxygen atoms in total. The van der Waals surface area contributed by atoms with Gasteiger partial charge in [-0.25, -0.2) is 0 Å². The Labute approximate surface area is 137 Å². The van der Waals surface area contributed by atoms with Crippen molar-refractivity contribution >= 4 is 11.9 Å². The van der Waals surface area contributed by atoms with Crippen LogP contribution in [-0.2, 0) is 15.8 Å². The molecule has 130 valence electrons. The SMILES string of the molecule is O=C(O)C1CC1C(=O)NC1CCCC1c1ccccc1C(F)(F)F. The molecular formula is C17H18F3NO3. The Balaban J connectivity index is 1.75. The van der Waals surface area contributed by atoms with E-state index in [1.165, 1.54) is 12.1 Å². The summed E-state index contributed by atoms with van der Waals surface area (Å²) >= 11 is 0. The Kier molecular flexibility index (Phi) is 4.27. The van der Waals surface area contributed by atoms with E-state index in [2.05, 4.69) is 5.32 Å². The van der Waals surface area contributed by atoms with Gasteiger partial charge in [0.2, 0.25) is 5.91 Å². The van der Waals surface area contributed by atoms with E-state index in [1.807, 2.05) is 0 Å². The summed E-state index contributed by atoms with van der Waals surface area (Å²) in [7, 11) is 0.